The number of aliphatic carboxylic acids is 1. The molecule has 0 unspecified atom stereocenters. The second-order valence-corrected chi connectivity index (χ2v) is 10.1. The van der Waals surface area contributed by atoms with Crippen LogP contribution in [0.15, 0.2) is 30.3 Å². The molecule has 2 aromatic rings. The molecule has 1 aromatic carbocycles. The summed E-state index contributed by atoms with van der Waals surface area (Å²) in [5.41, 5.74) is 3.65. The molecule has 8 nitrogen and oxygen atoms in total. The van der Waals surface area contributed by atoms with Gasteiger partial charge in [0.25, 0.3) is 0 Å². The third-order valence-electron chi connectivity index (χ3n) is 7.14. The van der Waals surface area contributed by atoms with Crippen molar-refractivity contribution in [3.8, 4) is 0 Å². The summed E-state index contributed by atoms with van der Waals surface area (Å²) >= 11 is 6.06. The Hall–Kier alpha value is -2.63. The van der Waals surface area contributed by atoms with Crippen LogP contribution in [0.5, 0.6) is 0 Å². The van der Waals surface area contributed by atoms with Gasteiger partial charge in [0.1, 0.15) is 0 Å². The molecule has 1 saturated heterocycles. The minimum Gasteiger partial charge on any atom is -0.475 e. The van der Waals surface area contributed by atoms with Gasteiger partial charge in [-0.25, -0.2) is 9.59 Å². The van der Waals surface area contributed by atoms with Crippen molar-refractivity contribution in [2.45, 2.75) is 69.3 Å². The van der Waals surface area contributed by atoms with Crippen LogP contribution >= 0.6 is 11.6 Å². The van der Waals surface area contributed by atoms with Crippen molar-refractivity contribution < 1.29 is 37.3 Å². The van der Waals surface area contributed by atoms with Gasteiger partial charge in [-0.05, 0) is 62.8 Å². The van der Waals surface area contributed by atoms with Gasteiger partial charge in [0, 0.05) is 42.3 Å². The van der Waals surface area contributed by atoms with Crippen molar-refractivity contribution in [2.24, 2.45) is 7.05 Å². The number of carbonyl (C=O) groups excluding carboxylic acids is 1. The van der Waals surface area contributed by atoms with Crippen LogP contribution in [-0.2, 0) is 32.5 Å². The molecule has 2 heterocycles. The average molecular weight is 560 g/mol. The van der Waals surface area contributed by atoms with Crippen LogP contribution in [0.25, 0.3) is 0 Å². The zero-order chi connectivity index (χ0) is 28.0. The fraction of sp³-hybridized carbons (Fsp3) is 0.577. The fourth-order valence-electron chi connectivity index (χ4n) is 5.00. The maximum atomic E-state index is 12.2. The van der Waals surface area contributed by atoms with Crippen LogP contribution in [0, 0.1) is 6.92 Å². The van der Waals surface area contributed by atoms with Gasteiger partial charge in [0.15, 0.2) is 6.10 Å². The van der Waals surface area contributed by atoms with Crippen LogP contribution < -0.4 is 0 Å². The number of aromatic nitrogens is 2. The first-order chi connectivity index (χ1) is 17.9. The Morgan fingerprint density at radius 1 is 1.18 bits per heavy atom. The minimum absolute atomic E-state index is 0.237. The Labute approximate surface area is 224 Å². The number of benzene rings is 1. The Kier molecular flexibility index (Phi) is 10.2. The van der Waals surface area contributed by atoms with Crippen molar-refractivity contribution in [2.75, 3.05) is 20.3 Å². The summed E-state index contributed by atoms with van der Waals surface area (Å²) in [4.78, 5) is 23.6. The number of hydrogen-bond donors (Lipinski definition) is 1. The number of aryl methyl sites for hydroxylation is 2. The van der Waals surface area contributed by atoms with Crippen LogP contribution in [0.4, 0.5) is 13.2 Å². The van der Waals surface area contributed by atoms with Crippen LogP contribution in [0.2, 0.25) is 5.02 Å². The fourth-order valence-corrected chi connectivity index (χ4v) is 5.12. The molecule has 2 fully saturated rings. The molecule has 2 aliphatic rings. The number of nitrogens with zero attached hydrogens (tertiary/aromatic N) is 3. The normalized spacial score (nSPS) is 24.3. The lowest BCUT2D eigenvalue weighted by atomic mass is 9.82. The molecule has 1 aromatic heterocycles. The SMILES string of the molecule is COC(=O)[C@H]1CN(C2CCC(c3cc(C)n(C)n3)CC2)[C@@H](Cc2ccc(Cl)cc2)CO1.O=C(O)C(F)(F)F. The van der Waals surface area contributed by atoms with E-state index in [1.807, 2.05) is 23.9 Å². The molecule has 38 heavy (non-hydrogen) atoms. The van der Waals surface area contributed by atoms with E-state index in [4.69, 9.17) is 36.1 Å². The summed E-state index contributed by atoms with van der Waals surface area (Å²) in [6, 6.07) is 10.9. The van der Waals surface area contributed by atoms with Gasteiger partial charge in [-0.3, -0.25) is 9.58 Å². The Bertz CT molecular complexity index is 1070. The lowest BCUT2D eigenvalue weighted by molar-refractivity contribution is -0.192. The largest absolute Gasteiger partial charge is 0.490 e. The number of carboxylic acid groups (broad SMARTS) is 1. The molecule has 210 valence electrons. The highest BCUT2D eigenvalue weighted by Crippen LogP contribution is 2.36. The van der Waals surface area contributed by atoms with Crippen molar-refractivity contribution in [1.82, 2.24) is 14.7 Å². The van der Waals surface area contributed by atoms with E-state index in [-0.39, 0.29) is 12.0 Å². The predicted octanol–water partition coefficient (Wildman–Crippen LogP) is 4.53. The maximum absolute atomic E-state index is 12.2. The Morgan fingerprint density at radius 3 is 2.29 bits per heavy atom. The van der Waals surface area contributed by atoms with E-state index < -0.39 is 18.2 Å². The quantitative estimate of drug-likeness (QED) is 0.538. The van der Waals surface area contributed by atoms with E-state index in [0.29, 0.717) is 25.1 Å². The molecular weight excluding hydrogens is 527 g/mol. The number of hydrogen-bond acceptors (Lipinski definition) is 6. The molecule has 0 spiro atoms. The smallest absolute Gasteiger partial charge is 0.475 e. The molecule has 0 bridgehead atoms. The zero-order valence-corrected chi connectivity index (χ0v) is 22.3. The van der Waals surface area contributed by atoms with Crippen LogP contribution in [-0.4, -0.2) is 76.4 Å². The summed E-state index contributed by atoms with van der Waals surface area (Å²) in [6.45, 7) is 3.22. The van der Waals surface area contributed by atoms with E-state index in [2.05, 4.69) is 30.0 Å². The number of halogens is 4. The van der Waals surface area contributed by atoms with Crippen molar-refractivity contribution in [3.05, 3.63) is 52.3 Å². The molecular formula is C26H33ClF3N3O5. The number of alkyl halides is 3. The van der Waals surface area contributed by atoms with Gasteiger partial charge in [-0.15, -0.1) is 0 Å². The van der Waals surface area contributed by atoms with E-state index in [0.717, 1.165) is 37.1 Å². The molecule has 2 atom stereocenters. The highest BCUT2D eigenvalue weighted by molar-refractivity contribution is 6.30. The first-order valence-electron chi connectivity index (χ1n) is 12.4. The average Bonchev–Trinajstić information content (AvgIpc) is 3.23. The summed E-state index contributed by atoms with van der Waals surface area (Å²) in [6.07, 6.45) is -0.270. The first kappa shape index (κ1) is 29.9. The number of carbonyl (C=O) groups is 2. The van der Waals surface area contributed by atoms with Gasteiger partial charge >= 0.3 is 18.1 Å². The summed E-state index contributed by atoms with van der Waals surface area (Å²) in [5, 5.41) is 12.6. The molecule has 1 saturated carbocycles. The number of esters is 1. The van der Waals surface area contributed by atoms with Crippen LogP contribution in [0.3, 0.4) is 0 Å². The maximum Gasteiger partial charge on any atom is 0.490 e. The highest BCUT2D eigenvalue weighted by Gasteiger charge is 2.39. The Balaban J connectivity index is 0.000000505. The van der Waals surface area contributed by atoms with Gasteiger partial charge in [0.2, 0.25) is 0 Å². The van der Waals surface area contributed by atoms with Crippen molar-refractivity contribution in [1.29, 1.82) is 0 Å². The topological polar surface area (TPSA) is 93.9 Å². The lowest BCUT2D eigenvalue weighted by Gasteiger charge is -2.45. The molecule has 1 aliphatic carbocycles. The van der Waals surface area contributed by atoms with Gasteiger partial charge in [-0.1, -0.05) is 23.7 Å². The van der Waals surface area contributed by atoms with E-state index >= 15 is 0 Å². The minimum atomic E-state index is -5.08. The number of carboxylic acids is 1. The second-order valence-electron chi connectivity index (χ2n) is 9.67. The third-order valence-corrected chi connectivity index (χ3v) is 7.40. The predicted molar refractivity (Wildman–Crippen MR) is 134 cm³/mol. The number of ether oxygens (including phenoxy) is 2. The van der Waals surface area contributed by atoms with E-state index in [1.165, 1.54) is 24.1 Å². The number of morpholine rings is 1. The molecule has 0 amide bonds. The zero-order valence-electron chi connectivity index (χ0n) is 21.6. The lowest BCUT2D eigenvalue weighted by Crippen LogP contribution is -2.57. The molecule has 1 N–H and O–H groups in total. The van der Waals surface area contributed by atoms with E-state index in [9.17, 15) is 18.0 Å². The number of rotatable bonds is 5. The monoisotopic (exact) mass is 559 g/mol. The van der Waals surface area contributed by atoms with Gasteiger partial charge in [0.05, 0.1) is 19.4 Å². The highest BCUT2D eigenvalue weighted by atomic mass is 35.5. The summed E-state index contributed by atoms with van der Waals surface area (Å²) in [7, 11) is 3.43. The standard InChI is InChI=1S/C24H32ClN3O3.C2HF3O2/c1-16-12-22(26-27(16)2)18-6-10-20(11-7-18)28-14-23(24(29)30-3)31-15-21(28)13-17-4-8-19(25)9-5-17;3-2(4,5)1(6)7/h4-5,8-9,12,18,20-21,23H,6-7,10-11,13-15H2,1-3H3;(H,6,7)/t18?,20?,21-,23+;/m0./s1. The number of methoxy groups -OCH3 is 1. The molecule has 12 heteroatoms. The van der Waals surface area contributed by atoms with Gasteiger partial charge in [-0.2, -0.15) is 18.3 Å². The van der Waals surface area contributed by atoms with Crippen molar-refractivity contribution in [3.63, 3.8) is 0 Å². The van der Waals surface area contributed by atoms with E-state index in [1.54, 1.807) is 0 Å². The second kappa shape index (κ2) is 12.9. The van der Waals surface area contributed by atoms with Crippen LogP contribution in [0.1, 0.15) is 48.6 Å². The third kappa shape index (κ3) is 7.94. The molecule has 4 rings (SSSR count). The molecule has 1 aliphatic heterocycles. The first-order valence-corrected chi connectivity index (χ1v) is 12.8. The molecule has 0 radical (unpaired) electrons. The summed E-state index contributed by atoms with van der Waals surface area (Å²) in [5.74, 6) is -2.52. The van der Waals surface area contributed by atoms with Gasteiger partial charge < -0.3 is 14.6 Å². The van der Waals surface area contributed by atoms with Crippen molar-refractivity contribution >= 4 is 23.5 Å². The Morgan fingerprint density at radius 2 is 1.79 bits per heavy atom. The summed E-state index contributed by atoms with van der Waals surface area (Å²) < 4.78 is 44.6.